The van der Waals surface area contributed by atoms with Gasteiger partial charge in [-0.05, 0) is 42.9 Å². The molecule has 2 amide bonds. The van der Waals surface area contributed by atoms with E-state index in [-0.39, 0.29) is 17.6 Å². The van der Waals surface area contributed by atoms with Crippen molar-refractivity contribution < 1.29 is 14.0 Å². The van der Waals surface area contributed by atoms with Crippen molar-refractivity contribution in [3.8, 4) is 0 Å². The minimum atomic E-state index is -0.246. The molecule has 2 aliphatic carbocycles. The maximum absolute atomic E-state index is 13.4. The van der Waals surface area contributed by atoms with Gasteiger partial charge in [-0.1, -0.05) is 57.1 Å². The van der Waals surface area contributed by atoms with Gasteiger partial charge in [-0.3, -0.25) is 14.5 Å². The Morgan fingerprint density at radius 2 is 1.53 bits per heavy atom. The minimum absolute atomic E-state index is 0.128. The average molecular weight is 472 g/mol. The van der Waals surface area contributed by atoms with Crippen molar-refractivity contribution in [3.63, 3.8) is 0 Å². The van der Waals surface area contributed by atoms with Crippen LogP contribution in [0.5, 0.6) is 0 Å². The van der Waals surface area contributed by atoms with Gasteiger partial charge in [0.2, 0.25) is 11.8 Å². The second kappa shape index (κ2) is 12.7. The van der Waals surface area contributed by atoms with Gasteiger partial charge in [0.15, 0.2) is 0 Å². The standard InChI is InChI=1S/C28H42FN3O2/c29-26-13-10-24(11-14-26)22-32(28(34)25-8-2-1-3-9-25)21-18-30-16-19-31(20-17-30)27(33)15-12-23-6-4-5-7-23/h10-11,13-14,23,25H,1-9,12,15-22H2. The summed E-state index contributed by atoms with van der Waals surface area (Å²) >= 11 is 0. The highest BCUT2D eigenvalue weighted by Gasteiger charge is 2.28. The smallest absolute Gasteiger partial charge is 0.226 e. The fourth-order valence-electron chi connectivity index (χ4n) is 5.95. The zero-order chi connectivity index (χ0) is 23.8. The summed E-state index contributed by atoms with van der Waals surface area (Å²) in [4.78, 5) is 32.4. The summed E-state index contributed by atoms with van der Waals surface area (Å²) in [5, 5.41) is 0. The number of piperazine rings is 1. The lowest BCUT2D eigenvalue weighted by Crippen LogP contribution is -2.51. The molecule has 3 aliphatic rings. The van der Waals surface area contributed by atoms with Crippen molar-refractivity contribution in [2.75, 3.05) is 39.3 Å². The summed E-state index contributed by atoms with van der Waals surface area (Å²) in [5.41, 5.74) is 0.975. The number of carbonyl (C=O) groups is 2. The van der Waals surface area contributed by atoms with E-state index in [1.165, 1.54) is 44.2 Å². The third-order valence-electron chi connectivity index (χ3n) is 8.21. The third kappa shape index (κ3) is 7.27. The Bertz CT molecular complexity index is 779. The first-order valence-corrected chi connectivity index (χ1v) is 13.6. The Balaban J connectivity index is 1.25. The number of nitrogens with zero attached hydrogens (tertiary/aromatic N) is 3. The molecule has 5 nitrogen and oxygen atoms in total. The van der Waals surface area contributed by atoms with Crippen LogP contribution in [0.1, 0.15) is 76.2 Å². The van der Waals surface area contributed by atoms with Crippen molar-refractivity contribution in [3.05, 3.63) is 35.6 Å². The fraction of sp³-hybridized carbons (Fsp3) is 0.714. The van der Waals surface area contributed by atoms with Crippen LogP contribution in [-0.4, -0.2) is 65.8 Å². The first kappa shape index (κ1) is 25.2. The van der Waals surface area contributed by atoms with E-state index in [9.17, 15) is 14.0 Å². The van der Waals surface area contributed by atoms with Gasteiger partial charge in [-0.15, -0.1) is 0 Å². The molecule has 4 rings (SSSR count). The van der Waals surface area contributed by atoms with Crippen LogP contribution in [0.2, 0.25) is 0 Å². The van der Waals surface area contributed by atoms with E-state index in [0.717, 1.165) is 76.3 Å². The van der Waals surface area contributed by atoms with Gasteiger partial charge in [0.05, 0.1) is 0 Å². The zero-order valence-corrected chi connectivity index (χ0v) is 20.7. The van der Waals surface area contributed by atoms with Gasteiger partial charge in [-0.25, -0.2) is 4.39 Å². The molecule has 1 aromatic rings. The van der Waals surface area contributed by atoms with Crippen LogP contribution in [0.3, 0.4) is 0 Å². The minimum Gasteiger partial charge on any atom is -0.340 e. The van der Waals surface area contributed by atoms with Gasteiger partial charge in [0.25, 0.3) is 0 Å². The second-order valence-corrected chi connectivity index (χ2v) is 10.6. The van der Waals surface area contributed by atoms with Crippen molar-refractivity contribution >= 4 is 11.8 Å². The van der Waals surface area contributed by atoms with E-state index in [1.807, 2.05) is 9.80 Å². The van der Waals surface area contributed by atoms with Crippen molar-refractivity contribution in [2.24, 2.45) is 11.8 Å². The lowest BCUT2D eigenvalue weighted by Gasteiger charge is -2.37. The highest BCUT2D eigenvalue weighted by molar-refractivity contribution is 5.79. The van der Waals surface area contributed by atoms with Gasteiger partial charge in [0, 0.05) is 58.2 Å². The molecule has 0 atom stereocenters. The number of hydrogen-bond donors (Lipinski definition) is 0. The molecule has 34 heavy (non-hydrogen) atoms. The Kier molecular flexibility index (Phi) is 9.37. The molecule has 1 heterocycles. The normalized spacial score (nSPS) is 20.6. The summed E-state index contributed by atoms with van der Waals surface area (Å²) in [6.45, 7) is 5.37. The van der Waals surface area contributed by atoms with E-state index >= 15 is 0 Å². The van der Waals surface area contributed by atoms with Gasteiger partial charge in [-0.2, -0.15) is 0 Å². The first-order chi connectivity index (χ1) is 16.6. The van der Waals surface area contributed by atoms with Crippen molar-refractivity contribution in [2.45, 2.75) is 77.2 Å². The Labute approximate surface area is 204 Å². The maximum Gasteiger partial charge on any atom is 0.226 e. The summed E-state index contributed by atoms with van der Waals surface area (Å²) in [5.74, 6) is 1.22. The van der Waals surface area contributed by atoms with Crippen LogP contribution in [0.15, 0.2) is 24.3 Å². The molecule has 0 unspecified atom stereocenters. The highest BCUT2D eigenvalue weighted by atomic mass is 19.1. The summed E-state index contributed by atoms with van der Waals surface area (Å²) < 4.78 is 13.4. The SMILES string of the molecule is O=C(CCC1CCCC1)N1CCN(CCN(Cc2ccc(F)cc2)C(=O)C2CCCCC2)CC1. The number of hydrogen-bond acceptors (Lipinski definition) is 3. The highest BCUT2D eigenvalue weighted by Crippen LogP contribution is 2.29. The quantitative estimate of drug-likeness (QED) is 0.517. The van der Waals surface area contributed by atoms with E-state index in [4.69, 9.17) is 0 Å². The van der Waals surface area contributed by atoms with E-state index in [2.05, 4.69) is 4.90 Å². The lowest BCUT2D eigenvalue weighted by atomic mass is 9.88. The lowest BCUT2D eigenvalue weighted by molar-refractivity contribution is -0.137. The molecule has 0 N–H and O–H groups in total. The van der Waals surface area contributed by atoms with Gasteiger partial charge < -0.3 is 9.80 Å². The van der Waals surface area contributed by atoms with Gasteiger partial charge >= 0.3 is 0 Å². The number of amides is 2. The van der Waals surface area contributed by atoms with Crippen LogP contribution >= 0.6 is 0 Å². The van der Waals surface area contributed by atoms with E-state index < -0.39 is 0 Å². The summed E-state index contributed by atoms with van der Waals surface area (Å²) in [6, 6.07) is 6.52. The molecular weight excluding hydrogens is 429 g/mol. The number of halogens is 1. The van der Waals surface area contributed by atoms with Crippen LogP contribution in [0, 0.1) is 17.7 Å². The molecule has 188 valence electrons. The van der Waals surface area contributed by atoms with Crippen molar-refractivity contribution in [1.29, 1.82) is 0 Å². The average Bonchev–Trinajstić information content (AvgIpc) is 3.40. The Morgan fingerprint density at radius 3 is 2.21 bits per heavy atom. The summed E-state index contributed by atoms with van der Waals surface area (Å²) in [6.07, 6.45) is 12.5. The molecule has 1 saturated heterocycles. The molecular formula is C28H42FN3O2. The largest absolute Gasteiger partial charge is 0.340 e. The van der Waals surface area contributed by atoms with E-state index in [1.54, 1.807) is 12.1 Å². The van der Waals surface area contributed by atoms with E-state index in [0.29, 0.717) is 25.4 Å². The molecule has 6 heteroatoms. The monoisotopic (exact) mass is 471 g/mol. The first-order valence-electron chi connectivity index (χ1n) is 13.6. The molecule has 2 saturated carbocycles. The Hall–Kier alpha value is -1.95. The van der Waals surface area contributed by atoms with Gasteiger partial charge in [0.1, 0.15) is 5.82 Å². The third-order valence-corrected chi connectivity index (χ3v) is 8.21. The predicted octanol–water partition coefficient (Wildman–Crippen LogP) is 4.85. The molecule has 0 aromatic heterocycles. The number of benzene rings is 1. The Morgan fingerprint density at radius 1 is 0.882 bits per heavy atom. The predicted molar refractivity (Wildman–Crippen MR) is 133 cm³/mol. The van der Waals surface area contributed by atoms with Crippen LogP contribution in [-0.2, 0) is 16.1 Å². The molecule has 0 bridgehead atoms. The van der Waals surface area contributed by atoms with Crippen LogP contribution in [0.25, 0.3) is 0 Å². The summed E-state index contributed by atoms with van der Waals surface area (Å²) in [7, 11) is 0. The van der Waals surface area contributed by atoms with Crippen LogP contribution < -0.4 is 0 Å². The molecule has 0 radical (unpaired) electrons. The van der Waals surface area contributed by atoms with Crippen LogP contribution in [0.4, 0.5) is 4.39 Å². The molecule has 1 aliphatic heterocycles. The van der Waals surface area contributed by atoms with Crippen molar-refractivity contribution in [1.82, 2.24) is 14.7 Å². The second-order valence-electron chi connectivity index (χ2n) is 10.6. The number of carbonyl (C=O) groups excluding carboxylic acids is 2. The zero-order valence-electron chi connectivity index (χ0n) is 20.7. The topological polar surface area (TPSA) is 43.9 Å². The number of rotatable bonds is 9. The fourth-order valence-corrected chi connectivity index (χ4v) is 5.95. The molecule has 3 fully saturated rings. The molecule has 0 spiro atoms. The maximum atomic E-state index is 13.4. The molecule has 1 aromatic carbocycles.